The number of unbranched alkanes of at least 4 members (excludes halogenated alkanes) is 1. The smallest absolute Gasteiger partial charge is 0.275 e. The number of ether oxygens (including phenoxy) is 2. The van der Waals surface area contributed by atoms with Crippen LogP contribution in [0.15, 0.2) is 35.5 Å². The molecule has 0 fully saturated rings. The number of carbonyl (C=O) groups is 1. The Morgan fingerprint density at radius 3 is 2.57 bits per heavy atom. The summed E-state index contributed by atoms with van der Waals surface area (Å²) in [7, 11) is 3.16. The highest BCUT2D eigenvalue weighted by atomic mass is 16.5. The maximum atomic E-state index is 12.6. The number of amides is 1. The third-order valence-electron chi connectivity index (χ3n) is 4.48. The van der Waals surface area contributed by atoms with Gasteiger partial charge in [-0.3, -0.25) is 9.59 Å². The first-order valence-electron chi connectivity index (χ1n) is 9.14. The second-order valence-corrected chi connectivity index (χ2v) is 6.43. The van der Waals surface area contributed by atoms with E-state index in [0.717, 1.165) is 18.4 Å². The van der Waals surface area contributed by atoms with Crippen LogP contribution in [0, 0.1) is 0 Å². The molecule has 0 bridgehead atoms. The van der Waals surface area contributed by atoms with Gasteiger partial charge in [-0.15, -0.1) is 0 Å². The van der Waals surface area contributed by atoms with Crippen LogP contribution >= 0.6 is 0 Å². The van der Waals surface area contributed by atoms with E-state index in [1.165, 1.54) is 6.33 Å². The molecule has 0 radical (unpaired) electrons. The number of nitrogens with zero attached hydrogens (tertiary/aromatic N) is 2. The van der Waals surface area contributed by atoms with Gasteiger partial charge < -0.3 is 24.3 Å². The quantitative estimate of drug-likeness (QED) is 0.581. The van der Waals surface area contributed by atoms with Crippen LogP contribution in [0.25, 0.3) is 11.0 Å². The highest BCUT2D eigenvalue weighted by Gasteiger charge is 2.18. The first-order chi connectivity index (χ1) is 13.6. The third kappa shape index (κ3) is 4.00. The van der Waals surface area contributed by atoms with E-state index in [2.05, 4.69) is 22.2 Å². The summed E-state index contributed by atoms with van der Waals surface area (Å²) in [6.07, 6.45) is 4.85. The summed E-state index contributed by atoms with van der Waals surface area (Å²) in [5, 5.41) is 2.88. The van der Waals surface area contributed by atoms with Crippen LogP contribution in [-0.4, -0.2) is 41.2 Å². The Bertz CT molecular complexity index is 1020. The Morgan fingerprint density at radius 1 is 1.21 bits per heavy atom. The van der Waals surface area contributed by atoms with Crippen LogP contribution in [0.2, 0.25) is 0 Å². The van der Waals surface area contributed by atoms with Crippen molar-refractivity contribution in [2.75, 3.05) is 20.8 Å². The predicted octanol–water partition coefficient (Wildman–Crippen LogP) is 2.32. The SMILES string of the molecule is CCCCNC(=O)c1cn(Cc2cc(OC)cc(OC)c2)c2c(=O)[nH]cnc12. The van der Waals surface area contributed by atoms with Crippen LogP contribution in [0.5, 0.6) is 11.5 Å². The van der Waals surface area contributed by atoms with Gasteiger partial charge in [-0.05, 0) is 24.1 Å². The number of rotatable bonds is 8. The minimum atomic E-state index is -0.299. The highest BCUT2D eigenvalue weighted by Crippen LogP contribution is 2.24. The van der Waals surface area contributed by atoms with Gasteiger partial charge in [-0.25, -0.2) is 4.98 Å². The topological polar surface area (TPSA) is 98.2 Å². The average molecular weight is 384 g/mol. The normalized spacial score (nSPS) is 10.8. The minimum Gasteiger partial charge on any atom is -0.497 e. The summed E-state index contributed by atoms with van der Waals surface area (Å²) in [5.41, 5.74) is 1.69. The molecule has 0 aliphatic heterocycles. The lowest BCUT2D eigenvalue weighted by Crippen LogP contribution is -2.24. The van der Waals surface area contributed by atoms with Crippen molar-refractivity contribution in [3.05, 3.63) is 52.2 Å². The number of nitrogens with one attached hydrogen (secondary N) is 2. The molecule has 0 saturated carbocycles. The first-order valence-corrected chi connectivity index (χ1v) is 9.14. The number of carbonyl (C=O) groups excluding carboxylic acids is 1. The summed E-state index contributed by atoms with van der Waals surface area (Å²) >= 11 is 0. The van der Waals surface area contributed by atoms with Crippen molar-refractivity contribution >= 4 is 16.9 Å². The van der Waals surface area contributed by atoms with Crippen LogP contribution in [0.3, 0.4) is 0 Å². The van der Waals surface area contributed by atoms with Gasteiger partial charge >= 0.3 is 0 Å². The Kier molecular flexibility index (Phi) is 5.98. The molecule has 2 heterocycles. The molecular formula is C20H24N4O4. The molecule has 0 saturated heterocycles. The standard InChI is InChI=1S/C20H24N4O4/c1-4-5-6-21-19(25)16-11-24(18-17(16)22-12-23-20(18)26)10-13-7-14(27-2)9-15(8-13)28-3/h7-9,11-12H,4-6,10H2,1-3H3,(H,21,25)(H,22,23,26). The molecule has 2 aromatic heterocycles. The van der Waals surface area contributed by atoms with Gasteiger partial charge in [0, 0.05) is 25.4 Å². The number of fused-ring (bicyclic) bond motifs is 1. The van der Waals surface area contributed by atoms with E-state index in [1.807, 2.05) is 12.1 Å². The molecule has 0 aliphatic carbocycles. The molecule has 3 aromatic rings. The average Bonchev–Trinajstić information content (AvgIpc) is 3.07. The molecule has 0 aliphatic rings. The fourth-order valence-electron chi connectivity index (χ4n) is 3.06. The lowest BCUT2D eigenvalue weighted by Gasteiger charge is -2.10. The van der Waals surface area contributed by atoms with Gasteiger partial charge in [-0.1, -0.05) is 13.3 Å². The molecule has 3 rings (SSSR count). The summed E-state index contributed by atoms with van der Waals surface area (Å²) in [6.45, 7) is 3.00. The number of aromatic nitrogens is 3. The van der Waals surface area contributed by atoms with Crippen molar-refractivity contribution in [2.45, 2.75) is 26.3 Å². The first kappa shape index (κ1) is 19.5. The van der Waals surface area contributed by atoms with Crippen LogP contribution in [0.4, 0.5) is 0 Å². The third-order valence-corrected chi connectivity index (χ3v) is 4.48. The maximum absolute atomic E-state index is 12.6. The molecule has 1 aromatic carbocycles. The van der Waals surface area contributed by atoms with E-state index < -0.39 is 0 Å². The Hall–Kier alpha value is -3.29. The number of H-pyrrole nitrogens is 1. The van der Waals surface area contributed by atoms with Crippen molar-refractivity contribution < 1.29 is 14.3 Å². The fourth-order valence-corrected chi connectivity index (χ4v) is 3.06. The van der Waals surface area contributed by atoms with Gasteiger partial charge in [0.25, 0.3) is 11.5 Å². The van der Waals surface area contributed by atoms with Crippen LogP contribution < -0.4 is 20.3 Å². The molecule has 28 heavy (non-hydrogen) atoms. The van der Waals surface area contributed by atoms with Gasteiger partial charge in [0.2, 0.25) is 0 Å². The molecular weight excluding hydrogens is 360 g/mol. The molecule has 0 unspecified atom stereocenters. The van der Waals surface area contributed by atoms with Crippen molar-refractivity contribution in [1.29, 1.82) is 0 Å². The number of hydrogen-bond acceptors (Lipinski definition) is 5. The molecule has 1 amide bonds. The van der Waals surface area contributed by atoms with Gasteiger partial charge in [-0.2, -0.15) is 0 Å². The molecule has 148 valence electrons. The predicted molar refractivity (Wildman–Crippen MR) is 106 cm³/mol. The van der Waals surface area contributed by atoms with Crippen molar-refractivity contribution in [1.82, 2.24) is 19.9 Å². The molecule has 8 nitrogen and oxygen atoms in total. The second kappa shape index (κ2) is 8.60. The van der Waals surface area contributed by atoms with E-state index in [0.29, 0.717) is 41.2 Å². The Labute approximate surface area is 162 Å². The van der Waals surface area contributed by atoms with E-state index in [1.54, 1.807) is 31.0 Å². The molecule has 8 heteroatoms. The molecule has 0 spiro atoms. The summed E-state index contributed by atoms with van der Waals surface area (Å²) < 4.78 is 12.3. The van der Waals surface area contributed by atoms with Gasteiger partial charge in [0.15, 0.2) is 0 Å². The van der Waals surface area contributed by atoms with E-state index in [-0.39, 0.29) is 11.5 Å². The van der Waals surface area contributed by atoms with Crippen LogP contribution in [0.1, 0.15) is 35.7 Å². The van der Waals surface area contributed by atoms with Crippen molar-refractivity contribution in [3.63, 3.8) is 0 Å². The number of benzene rings is 1. The molecule has 2 N–H and O–H groups in total. The van der Waals surface area contributed by atoms with Crippen LogP contribution in [-0.2, 0) is 6.54 Å². The van der Waals surface area contributed by atoms with Crippen molar-refractivity contribution in [3.8, 4) is 11.5 Å². The maximum Gasteiger partial charge on any atom is 0.275 e. The zero-order valence-electron chi connectivity index (χ0n) is 16.2. The van der Waals surface area contributed by atoms with E-state index in [9.17, 15) is 9.59 Å². The Balaban J connectivity index is 2.02. The highest BCUT2D eigenvalue weighted by molar-refractivity contribution is 6.05. The number of aromatic amines is 1. The van der Waals surface area contributed by atoms with Gasteiger partial charge in [0.05, 0.1) is 26.1 Å². The zero-order valence-corrected chi connectivity index (χ0v) is 16.2. The fraction of sp³-hybridized carbons (Fsp3) is 0.350. The minimum absolute atomic E-state index is 0.237. The molecule has 0 atom stereocenters. The number of hydrogen-bond donors (Lipinski definition) is 2. The lowest BCUT2D eigenvalue weighted by atomic mass is 10.2. The van der Waals surface area contributed by atoms with E-state index >= 15 is 0 Å². The second-order valence-electron chi connectivity index (χ2n) is 6.43. The summed E-state index contributed by atoms with van der Waals surface area (Å²) in [6, 6.07) is 5.50. The zero-order chi connectivity index (χ0) is 20.1. The summed E-state index contributed by atoms with van der Waals surface area (Å²) in [5.74, 6) is 1.06. The largest absolute Gasteiger partial charge is 0.497 e. The monoisotopic (exact) mass is 384 g/mol. The lowest BCUT2D eigenvalue weighted by molar-refractivity contribution is 0.0954. The van der Waals surface area contributed by atoms with E-state index in [4.69, 9.17) is 9.47 Å². The number of methoxy groups -OCH3 is 2. The summed E-state index contributed by atoms with van der Waals surface area (Å²) in [4.78, 5) is 31.8. The van der Waals surface area contributed by atoms with Crippen molar-refractivity contribution in [2.24, 2.45) is 0 Å². The Morgan fingerprint density at radius 2 is 1.93 bits per heavy atom. The van der Waals surface area contributed by atoms with Gasteiger partial charge in [0.1, 0.15) is 22.5 Å².